The lowest BCUT2D eigenvalue weighted by Crippen LogP contribution is -2.17. The average molecular weight is 330 g/mol. The highest BCUT2D eigenvalue weighted by Gasteiger charge is 2.17. The lowest BCUT2D eigenvalue weighted by Gasteiger charge is -2.13. The van der Waals surface area contributed by atoms with Gasteiger partial charge in [0.05, 0.1) is 11.7 Å². The van der Waals surface area contributed by atoms with Gasteiger partial charge in [-0.1, -0.05) is 0 Å². The number of rotatable bonds is 6. The number of methoxy groups -OCH3 is 1. The molecule has 4 nitrogen and oxygen atoms in total. The minimum Gasteiger partial charge on any atom is -0.385 e. The van der Waals surface area contributed by atoms with Gasteiger partial charge in [0.15, 0.2) is 0 Å². The molecule has 0 radical (unpaired) electrons. The fourth-order valence-electron chi connectivity index (χ4n) is 1.81. The summed E-state index contributed by atoms with van der Waals surface area (Å²) in [5.41, 5.74) is 7.34. The Morgan fingerprint density at radius 2 is 2.39 bits per heavy atom. The van der Waals surface area contributed by atoms with E-state index >= 15 is 0 Å². The van der Waals surface area contributed by atoms with Crippen LogP contribution in [0.1, 0.15) is 23.0 Å². The molecule has 1 atom stereocenters. The van der Waals surface area contributed by atoms with Crippen LogP contribution in [0.25, 0.3) is 0 Å². The number of aryl methyl sites for hydroxylation is 1. The predicted molar refractivity (Wildman–Crippen MR) is 76.8 cm³/mol. The molecule has 0 amide bonds. The number of nitrogens with zero attached hydrogens (tertiary/aromatic N) is 2. The maximum absolute atomic E-state index is 6.30. The van der Waals surface area contributed by atoms with Crippen LogP contribution in [-0.4, -0.2) is 23.5 Å². The van der Waals surface area contributed by atoms with Crippen LogP contribution in [0.3, 0.4) is 0 Å². The normalized spacial score (nSPS) is 12.8. The smallest absolute Gasteiger partial charge is 0.0828 e. The van der Waals surface area contributed by atoms with E-state index in [1.807, 2.05) is 22.2 Å². The maximum Gasteiger partial charge on any atom is 0.0828 e. The Hall–Kier alpha value is -0.690. The second kappa shape index (κ2) is 6.47. The quantitative estimate of drug-likeness (QED) is 0.829. The second-order valence-corrected chi connectivity index (χ2v) is 5.74. The van der Waals surface area contributed by atoms with Crippen molar-refractivity contribution in [2.75, 3.05) is 13.7 Å². The summed E-state index contributed by atoms with van der Waals surface area (Å²) >= 11 is 5.18. The van der Waals surface area contributed by atoms with Gasteiger partial charge in [0.25, 0.3) is 0 Å². The van der Waals surface area contributed by atoms with E-state index in [-0.39, 0.29) is 6.04 Å². The van der Waals surface area contributed by atoms with Crippen molar-refractivity contribution < 1.29 is 4.74 Å². The van der Waals surface area contributed by atoms with Crippen molar-refractivity contribution in [3.63, 3.8) is 0 Å². The molecule has 2 aromatic heterocycles. The number of nitrogens with two attached hydrogens (primary N) is 1. The zero-order chi connectivity index (χ0) is 13.0. The molecule has 2 heterocycles. The van der Waals surface area contributed by atoms with E-state index in [1.165, 1.54) is 0 Å². The molecule has 0 aliphatic heterocycles. The topological polar surface area (TPSA) is 53.1 Å². The van der Waals surface area contributed by atoms with Crippen LogP contribution >= 0.6 is 27.3 Å². The van der Waals surface area contributed by atoms with Gasteiger partial charge in [-0.3, -0.25) is 4.68 Å². The van der Waals surface area contributed by atoms with Crippen molar-refractivity contribution in [2.24, 2.45) is 5.73 Å². The van der Waals surface area contributed by atoms with Crippen molar-refractivity contribution in [3.8, 4) is 0 Å². The molecule has 2 N–H and O–H groups in total. The summed E-state index contributed by atoms with van der Waals surface area (Å²) in [5, 5.41) is 6.35. The fraction of sp³-hybridized carbons (Fsp3) is 0.417. The van der Waals surface area contributed by atoms with Crippen molar-refractivity contribution >= 4 is 27.3 Å². The fourth-order valence-corrected chi connectivity index (χ4v) is 3.45. The number of hydrogen-bond acceptors (Lipinski definition) is 4. The van der Waals surface area contributed by atoms with E-state index in [2.05, 4.69) is 21.0 Å². The minimum atomic E-state index is -0.135. The lowest BCUT2D eigenvalue weighted by molar-refractivity contribution is 0.188. The van der Waals surface area contributed by atoms with Gasteiger partial charge in [-0.15, -0.1) is 11.3 Å². The summed E-state index contributed by atoms with van der Waals surface area (Å²) in [4.78, 5) is 1.13. The monoisotopic (exact) mass is 329 g/mol. The van der Waals surface area contributed by atoms with Crippen LogP contribution < -0.4 is 5.73 Å². The lowest BCUT2D eigenvalue weighted by atomic mass is 10.2. The Morgan fingerprint density at radius 1 is 1.56 bits per heavy atom. The summed E-state index contributed by atoms with van der Waals surface area (Å²) in [5.74, 6) is 0. The van der Waals surface area contributed by atoms with Crippen molar-refractivity contribution in [1.29, 1.82) is 0 Å². The molecule has 0 aliphatic rings. The summed E-state index contributed by atoms with van der Waals surface area (Å²) in [6, 6.07) is 3.86. The SMILES string of the molecule is COCCCn1nccc1C(N)c1sccc1Br. The molecule has 0 saturated heterocycles. The number of aromatic nitrogens is 2. The van der Waals surface area contributed by atoms with Gasteiger partial charge in [0.2, 0.25) is 0 Å². The highest BCUT2D eigenvalue weighted by Crippen LogP contribution is 2.31. The van der Waals surface area contributed by atoms with Crippen molar-refractivity contribution in [2.45, 2.75) is 19.0 Å². The minimum absolute atomic E-state index is 0.135. The van der Waals surface area contributed by atoms with Gasteiger partial charge in [-0.2, -0.15) is 5.10 Å². The number of thiophene rings is 1. The van der Waals surface area contributed by atoms with Crippen LogP contribution in [0.2, 0.25) is 0 Å². The van der Waals surface area contributed by atoms with Crippen molar-refractivity contribution in [3.05, 3.63) is 38.8 Å². The Balaban J connectivity index is 2.13. The molecule has 2 rings (SSSR count). The van der Waals surface area contributed by atoms with Gasteiger partial charge in [0, 0.05) is 35.8 Å². The number of halogens is 1. The second-order valence-electron chi connectivity index (χ2n) is 3.94. The van der Waals surface area contributed by atoms with E-state index in [9.17, 15) is 0 Å². The van der Waals surface area contributed by atoms with Crippen LogP contribution in [0.4, 0.5) is 0 Å². The van der Waals surface area contributed by atoms with Crippen LogP contribution in [0.15, 0.2) is 28.2 Å². The van der Waals surface area contributed by atoms with E-state index in [0.717, 1.165) is 34.6 Å². The molecule has 0 saturated carbocycles. The summed E-state index contributed by atoms with van der Waals surface area (Å²) in [6.07, 6.45) is 2.73. The third-order valence-electron chi connectivity index (χ3n) is 2.71. The highest BCUT2D eigenvalue weighted by atomic mass is 79.9. The molecule has 0 aromatic carbocycles. The largest absolute Gasteiger partial charge is 0.385 e. The van der Waals surface area contributed by atoms with Gasteiger partial charge >= 0.3 is 0 Å². The Morgan fingerprint density at radius 3 is 3.06 bits per heavy atom. The van der Waals surface area contributed by atoms with Crippen LogP contribution in [-0.2, 0) is 11.3 Å². The first kappa shape index (κ1) is 13.7. The summed E-state index contributed by atoms with van der Waals surface area (Å²) in [7, 11) is 1.71. The predicted octanol–water partition coefficient (Wildman–Crippen LogP) is 2.79. The number of ether oxygens (including phenoxy) is 1. The molecule has 2 aromatic rings. The van der Waals surface area contributed by atoms with E-state index < -0.39 is 0 Å². The molecule has 1 unspecified atom stereocenters. The molecular formula is C12H16BrN3OS. The highest BCUT2D eigenvalue weighted by molar-refractivity contribution is 9.10. The standard InChI is InChI=1S/C12H16BrN3OS/c1-17-7-2-6-16-10(3-5-15-16)11(14)12-9(13)4-8-18-12/h3-5,8,11H,2,6-7,14H2,1H3. The van der Waals surface area contributed by atoms with Gasteiger partial charge in [0.1, 0.15) is 0 Å². The summed E-state index contributed by atoms with van der Waals surface area (Å²) in [6.45, 7) is 1.56. The zero-order valence-corrected chi connectivity index (χ0v) is 12.6. The first-order valence-corrected chi connectivity index (χ1v) is 7.40. The maximum atomic E-state index is 6.30. The van der Waals surface area contributed by atoms with Gasteiger partial charge in [-0.05, 0) is 39.9 Å². The zero-order valence-electron chi connectivity index (χ0n) is 10.2. The summed E-state index contributed by atoms with van der Waals surface area (Å²) < 4.78 is 8.07. The van der Waals surface area contributed by atoms with E-state index in [1.54, 1.807) is 24.6 Å². The third-order valence-corrected chi connectivity index (χ3v) is 4.67. The molecule has 0 aliphatic carbocycles. The van der Waals surface area contributed by atoms with Crippen LogP contribution in [0, 0.1) is 0 Å². The molecule has 6 heteroatoms. The van der Waals surface area contributed by atoms with Crippen LogP contribution in [0.5, 0.6) is 0 Å². The Bertz CT molecular complexity index is 497. The van der Waals surface area contributed by atoms with E-state index in [0.29, 0.717) is 0 Å². The van der Waals surface area contributed by atoms with Crippen molar-refractivity contribution in [1.82, 2.24) is 9.78 Å². The van der Waals surface area contributed by atoms with Gasteiger partial charge in [-0.25, -0.2) is 0 Å². The molecule has 0 fully saturated rings. The molecule has 0 bridgehead atoms. The first-order chi connectivity index (χ1) is 8.74. The average Bonchev–Trinajstić information content (AvgIpc) is 2.97. The number of hydrogen-bond donors (Lipinski definition) is 1. The molecular weight excluding hydrogens is 314 g/mol. The van der Waals surface area contributed by atoms with Gasteiger partial charge < -0.3 is 10.5 Å². The third kappa shape index (κ3) is 3.00. The molecule has 18 heavy (non-hydrogen) atoms. The van der Waals surface area contributed by atoms with E-state index in [4.69, 9.17) is 10.5 Å². The Labute approximate surface area is 119 Å². The Kier molecular flexibility index (Phi) is 4.94. The molecule has 0 spiro atoms. The first-order valence-electron chi connectivity index (χ1n) is 5.73. The molecule has 98 valence electrons.